The van der Waals surface area contributed by atoms with Crippen molar-refractivity contribution in [2.75, 3.05) is 0 Å². The van der Waals surface area contributed by atoms with Gasteiger partial charge >= 0.3 is 0 Å². The highest BCUT2D eigenvalue weighted by molar-refractivity contribution is 9.10. The van der Waals surface area contributed by atoms with Crippen LogP contribution >= 0.6 is 15.9 Å². The number of carbonyl (C=O) groups excluding carboxylic acids is 1. The SMILES string of the molecule is O=C(CCc1ccccn1)Cc1cc(Br)ccc1F. The lowest BCUT2D eigenvalue weighted by atomic mass is 10.0. The molecule has 0 aliphatic rings. The summed E-state index contributed by atoms with van der Waals surface area (Å²) in [7, 11) is 0. The minimum absolute atomic E-state index is 0.0163. The fraction of sp³-hybridized carbons (Fsp3) is 0.200. The number of aryl methyl sites for hydroxylation is 1. The average molecular weight is 322 g/mol. The summed E-state index contributed by atoms with van der Waals surface area (Å²) in [5.41, 5.74) is 1.31. The van der Waals surface area contributed by atoms with Crippen molar-refractivity contribution in [1.29, 1.82) is 0 Å². The zero-order valence-corrected chi connectivity index (χ0v) is 11.9. The maximum absolute atomic E-state index is 13.5. The highest BCUT2D eigenvalue weighted by atomic mass is 79.9. The molecule has 1 heterocycles. The van der Waals surface area contributed by atoms with Crippen LogP contribution in [-0.2, 0) is 17.6 Å². The third-order valence-corrected chi connectivity index (χ3v) is 3.27. The first-order valence-electron chi connectivity index (χ1n) is 6.00. The first kappa shape index (κ1) is 13.9. The summed E-state index contributed by atoms with van der Waals surface area (Å²) in [5, 5.41) is 0. The second-order valence-electron chi connectivity index (χ2n) is 4.27. The molecule has 19 heavy (non-hydrogen) atoms. The van der Waals surface area contributed by atoms with Gasteiger partial charge in [-0.15, -0.1) is 0 Å². The lowest BCUT2D eigenvalue weighted by Crippen LogP contribution is -2.06. The fourth-order valence-electron chi connectivity index (χ4n) is 1.79. The van der Waals surface area contributed by atoms with E-state index in [0.717, 1.165) is 10.2 Å². The van der Waals surface area contributed by atoms with E-state index in [2.05, 4.69) is 20.9 Å². The quantitative estimate of drug-likeness (QED) is 0.840. The van der Waals surface area contributed by atoms with Gasteiger partial charge in [0.05, 0.1) is 0 Å². The molecule has 0 saturated carbocycles. The normalized spacial score (nSPS) is 10.4. The summed E-state index contributed by atoms with van der Waals surface area (Å²) in [6, 6.07) is 10.2. The zero-order valence-electron chi connectivity index (χ0n) is 10.3. The highest BCUT2D eigenvalue weighted by Crippen LogP contribution is 2.16. The van der Waals surface area contributed by atoms with Crippen molar-refractivity contribution in [2.24, 2.45) is 0 Å². The van der Waals surface area contributed by atoms with Gasteiger partial charge in [0.25, 0.3) is 0 Å². The van der Waals surface area contributed by atoms with Crippen molar-refractivity contribution in [2.45, 2.75) is 19.3 Å². The first-order chi connectivity index (χ1) is 9.15. The maximum atomic E-state index is 13.5. The van der Waals surface area contributed by atoms with Crippen molar-refractivity contribution in [3.63, 3.8) is 0 Å². The molecule has 0 amide bonds. The number of Topliss-reactive ketones (excluding diaryl/α,β-unsaturated/α-hetero) is 1. The summed E-state index contributed by atoms with van der Waals surface area (Å²) >= 11 is 3.27. The van der Waals surface area contributed by atoms with E-state index in [4.69, 9.17) is 0 Å². The molecule has 0 N–H and O–H groups in total. The molecular formula is C15H13BrFNO. The predicted molar refractivity (Wildman–Crippen MR) is 75.4 cm³/mol. The van der Waals surface area contributed by atoms with Crippen LogP contribution in [0.5, 0.6) is 0 Å². The molecule has 0 radical (unpaired) electrons. The molecule has 1 aromatic carbocycles. The molecule has 2 aromatic rings. The second-order valence-corrected chi connectivity index (χ2v) is 5.19. The summed E-state index contributed by atoms with van der Waals surface area (Å²) < 4.78 is 14.3. The minimum Gasteiger partial charge on any atom is -0.299 e. The maximum Gasteiger partial charge on any atom is 0.137 e. The summed E-state index contributed by atoms with van der Waals surface area (Å²) in [5.74, 6) is -0.322. The number of aromatic nitrogens is 1. The van der Waals surface area contributed by atoms with E-state index in [1.165, 1.54) is 6.07 Å². The molecule has 2 rings (SSSR count). The van der Waals surface area contributed by atoms with Crippen molar-refractivity contribution < 1.29 is 9.18 Å². The highest BCUT2D eigenvalue weighted by Gasteiger charge is 2.09. The van der Waals surface area contributed by atoms with Crippen LogP contribution in [0.25, 0.3) is 0 Å². The number of hydrogen-bond donors (Lipinski definition) is 0. The Hall–Kier alpha value is -1.55. The van der Waals surface area contributed by atoms with Crippen LogP contribution in [0.1, 0.15) is 17.7 Å². The van der Waals surface area contributed by atoms with E-state index in [-0.39, 0.29) is 18.0 Å². The Morgan fingerprint density at radius 2 is 2.11 bits per heavy atom. The van der Waals surface area contributed by atoms with E-state index >= 15 is 0 Å². The zero-order chi connectivity index (χ0) is 13.7. The molecule has 4 heteroatoms. The number of ketones is 1. The van der Waals surface area contributed by atoms with Crippen LogP contribution < -0.4 is 0 Å². The van der Waals surface area contributed by atoms with Crippen molar-refractivity contribution >= 4 is 21.7 Å². The van der Waals surface area contributed by atoms with Crippen molar-refractivity contribution in [3.8, 4) is 0 Å². The Labute approximate surface area is 119 Å². The average Bonchev–Trinajstić information content (AvgIpc) is 2.42. The van der Waals surface area contributed by atoms with Gasteiger partial charge in [-0.3, -0.25) is 9.78 Å². The smallest absolute Gasteiger partial charge is 0.137 e. The van der Waals surface area contributed by atoms with Gasteiger partial charge in [0.15, 0.2) is 0 Å². The van der Waals surface area contributed by atoms with Crippen LogP contribution in [0.3, 0.4) is 0 Å². The van der Waals surface area contributed by atoms with Gasteiger partial charge in [0, 0.05) is 29.2 Å². The molecular weight excluding hydrogens is 309 g/mol. The van der Waals surface area contributed by atoms with Crippen molar-refractivity contribution in [1.82, 2.24) is 4.98 Å². The Bertz CT molecular complexity index is 572. The second kappa shape index (κ2) is 6.57. The molecule has 1 aromatic heterocycles. The van der Waals surface area contributed by atoms with Crippen molar-refractivity contribution in [3.05, 3.63) is 64.1 Å². The lowest BCUT2D eigenvalue weighted by molar-refractivity contribution is -0.118. The molecule has 2 nitrogen and oxygen atoms in total. The Morgan fingerprint density at radius 1 is 1.26 bits per heavy atom. The first-order valence-corrected chi connectivity index (χ1v) is 6.80. The molecule has 0 spiro atoms. The van der Waals surface area contributed by atoms with Crippen LogP contribution in [0.4, 0.5) is 4.39 Å². The van der Waals surface area contributed by atoms with E-state index in [9.17, 15) is 9.18 Å². The van der Waals surface area contributed by atoms with E-state index in [0.29, 0.717) is 18.4 Å². The fourth-order valence-corrected chi connectivity index (χ4v) is 2.20. The van der Waals surface area contributed by atoms with Gasteiger partial charge in [-0.25, -0.2) is 4.39 Å². The molecule has 0 saturated heterocycles. The number of rotatable bonds is 5. The van der Waals surface area contributed by atoms with Crippen LogP contribution in [0.2, 0.25) is 0 Å². The van der Waals surface area contributed by atoms with E-state index < -0.39 is 0 Å². The Kier molecular flexibility index (Phi) is 4.80. The van der Waals surface area contributed by atoms with Crippen LogP contribution in [0, 0.1) is 5.82 Å². The van der Waals surface area contributed by atoms with E-state index in [1.54, 1.807) is 18.3 Å². The predicted octanol–water partition coefficient (Wildman–Crippen LogP) is 3.73. The van der Waals surface area contributed by atoms with Crippen LogP contribution in [0.15, 0.2) is 47.1 Å². The van der Waals surface area contributed by atoms with Gasteiger partial charge in [-0.2, -0.15) is 0 Å². The standard InChI is InChI=1S/C15H13BrFNO/c16-12-4-7-15(17)11(9-12)10-14(19)6-5-13-3-1-2-8-18-13/h1-4,7-9H,5-6,10H2. The lowest BCUT2D eigenvalue weighted by Gasteiger charge is -2.04. The molecule has 0 aliphatic heterocycles. The van der Waals surface area contributed by atoms with Crippen LogP contribution in [-0.4, -0.2) is 10.8 Å². The largest absolute Gasteiger partial charge is 0.299 e. The molecule has 0 unspecified atom stereocenters. The number of nitrogens with zero attached hydrogens (tertiary/aromatic N) is 1. The number of benzene rings is 1. The van der Waals surface area contributed by atoms with Gasteiger partial charge in [0.2, 0.25) is 0 Å². The number of halogens is 2. The number of carbonyl (C=O) groups is 1. The topological polar surface area (TPSA) is 30.0 Å². The van der Waals surface area contributed by atoms with E-state index in [1.807, 2.05) is 18.2 Å². The molecule has 0 aliphatic carbocycles. The summed E-state index contributed by atoms with van der Waals surface area (Å²) in [6.07, 6.45) is 2.80. The molecule has 0 bridgehead atoms. The Morgan fingerprint density at radius 3 is 2.84 bits per heavy atom. The van der Waals surface area contributed by atoms with Gasteiger partial charge in [-0.1, -0.05) is 22.0 Å². The monoisotopic (exact) mass is 321 g/mol. The minimum atomic E-state index is -0.339. The summed E-state index contributed by atoms with van der Waals surface area (Å²) in [4.78, 5) is 16.0. The third-order valence-electron chi connectivity index (χ3n) is 2.78. The molecule has 0 fully saturated rings. The Balaban J connectivity index is 1.93. The van der Waals surface area contributed by atoms with Gasteiger partial charge in [0.1, 0.15) is 11.6 Å². The number of pyridine rings is 1. The third kappa shape index (κ3) is 4.24. The molecule has 0 atom stereocenters. The number of hydrogen-bond acceptors (Lipinski definition) is 2. The van der Waals surface area contributed by atoms with Gasteiger partial charge < -0.3 is 0 Å². The van der Waals surface area contributed by atoms with Gasteiger partial charge in [-0.05, 0) is 42.3 Å². The molecule has 98 valence electrons. The summed E-state index contributed by atoms with van der Waals surface area (Å²) in [6.45, 7) is 0.